The van der Waals surface area contributed by atoms with Gasteiger partial charge in [-0.05, 0) is 50.2 Å². The van der Waals surface area contributed by atoms with Crippen molar-refractivity contribution in [3.63, 3.8) is 0 Å². The molecule has 0 bridgehead atoms. The normalized spacial score (nSPS) is 18.5. The highest BCUT2D eigenvalue weighted by Gasteiger charge is 2.48. The molecule has 0 aliphatic carbocycles. The Morgan fingerprint density at radius 2 is 1.90 bits per heavy atom. The van der Waals surface area contributed by atoms with Gasteiger partial charge in [0.25, 0.3) is 5.91 Å². The number of hydroxylamine groups is 1. The van der Waals surface area contributed by atoms with E-state index in [1.165, 1.54) is 23.9 Å². The maximum absolute atomic E-state index is 13.2. The monoisotopic (exact) mass is 460 g/mol. The first-order valence-corrected chi connectivity index (χ1v) is 12.0. The minimum Gasteiger partial charge on any atom is -0.481 e. The molecule has 2 N–H and O–H groups in total. The Balaban J connectivity index is 1.73. The molecule has 0 spiro atoms. The maximum atomic E-state index is 13.2. The summed E-state index contributed by atoms with van der Waals surface area (Å²) < 4.78 is 32.5. The van der Waals surface area contributed by atoms with E-state index < -0.39 is 26.7 Å². The van der Waals surface area contributed by atoms with Crippen molar-refractivity contribution >= 4 is 27.7 Å². The molecule has 1 saturated heterocycles. The number of nitrogens with zero attached hydrogens (tertiary/aromatic N) is 1. The first-order chi connectivity index (χ1) is 14.8. The van der Waals surface area contributed by atoms with E-state index in [4.69, 9.17) is 9.94 Å². The van der Waals surface area contributed by atoms with E-state index in [1.807, 2.05) is 30.3 Å². The molecule has 3 rings (SSSR count). The SMILES string of the molecule is CC1(C)SCCN(S(=O)(=O)c2ccc(OCC#Cc3ccccc3)cc2)C1C(=O)NO. The van der Waals surface area contributed by atoms with E-state index in [-0.39, 0.29) is 18.0 Å². The van der Waals surface area contributed by atoms with E-state index in [9.17, 15) is 13.2 Å². The zero-order valence-corrected chi connectivity index (χ0v) is 18.9. The van der Waals surface area contributed by atoms with Crippen LogP contribution in [-0.4, -0.2) is 53.5 Å². The van der Waals surface area contributed by atoms with Crippen LogP contribution in [0.3, 0.4) is 0 Å². The summed E-state index contributed by atoms with van der Waals surface area (Å²) in [5.74, 6) is 6.17. The van der Waals surface area contributed by atoms with Gasteiger partial charge in [0.15, 0.2) is 0 Å². The second kappa shape index (κ2) is 9.75. The highest BCUT2D eigenvalue weighted by Crippen LogP contribution is 2.38. The fourth-order valence-electron chi connectivity index (χ4n) is 3.34. The van der Waals surface area contributed by atoms with Gasteiger partial charge >= 0.3 is 0 Å². The third-order valence-electron chi connectivity index (χ3n) is 4.84. The van der Waals surface area contributed by atoms with Gasteiger partial charge in [0.2, 0.25) is 10.0 Å². The number of carbonyl (C=O) groups excluding carboxylic acids is 1. The van der Waals surface area contributed by atoms with Gasteiger partial charge in [-0.15, -0.1) is 0 Å². The third kappa shape index (κ3) is 5.40. The Bertz CT molecular complexity index is 1070. The number of benzene rings is 2. The first-order valence-electron chi connectivity index (χ1n) is 9.62. The molecule has 2 aromatic carbocycles. The molecule has 31 heavy (non-hydrogen) atoms. The highest BCUT2D eigenvalue weighted by atomic mass is 32.2. The van der Waals surface area contributed by atoms with Gasteiger partial charge in [0, 0.05) is 22.6 Å². The predicted molar refractivity (Wildman–Crippen MR) is 119 cm³/mol. The number of ether oxygens (including phenoxy) is 1. The van der Waals surface area contributed by atoms with Gasteiger partial charge in [-0.2, -0.15) is 16.1 Å². The average molecular weight is 461 g/mol. The second-order valence-corrected chi connectivity index (χ2v) is 11.0. The summed E-state index contributed by atoms with van der Waals surface area (Å²) in [6, 6.07) is 14.5. The van der Waals surface area contributed by atoms with Gasteiger partial charge in [0.1, 0.15) is 18.4 Å². The van der Waals surface area contributed by atoms with Crippen LogP contribution in [-0.2, 0) is 14.8 Å². The van der Waals surface area contributed by atoms with Gasteiger partial charge < -0.3 is 4.74 Å². The summed E-state index contributed by atoms with van der Waals surface area (Å²) >= 11 is 1.49. The zero-order chi connectivity index (χ0) is 22.5. The summed E-state index contributed by atoms with van der Waals surface area (Å²) in [6.45, 7) is 3.90. The van der Waals surface area contributed by atoms with E-state index in [0.717, 1.165) is 9.87 Å². The minimum absolute atomic E-state index is 0.0497. The number of nitrogens with one attached hydrogen (secondary N) is 1. The van der Waals surface area contributed by atoms with Crippen LogP contribution in [0.2, 0.25) is 0 Å². The van der Waals surface area contributed by atoms with E-state index >= 15 is 0 Å². The summed E-state index contributed by atoms with van der Waals surface area (Å²) in [5, 5.41) is 9.13. The second-order valence-electron chi connectivity index (χ2n) is 7.37. The summed E-state index contributed by atoms with van der Waals surface area (Å²) in [4.78, 5) is 12.3. The molecule has 2 aromatic rings. The van der Waals surface area contributed by atoms with Crippen molar-refractivity contribution in [2.75, 3.05) is 18.9 Å². The van der Waals surface area contributed by atoms with Crippen LogP contribution in [0, 0.1) is 11.8 Å². The van der Waals surface area contributed by atoms with Crippen molar-refractivity contribution in [2.24, 2.45) is 0 Å². The molecule has 0 radical (unpaired) electrons. The van der Waals surface area contributed by atoms with Crippen molar-refractivity contribution in [3.05, 3.63) is 60.2 Å². The predicted octanol–water partition coefficient (Wildman–Crippen LogP) is 2.51. The van der Waals surface area contributed by atoms with Gasteiger partial charge in [-0.3, -0.25) is 10.0 Å². The van der Waals surface area contributed by atoms with Crippen LogP contribution in [0.5, 0.6) is 5.75 Å². The lowest BCUT2D eigenvalue weighted by molar-refractivity contribution is -0.134. The van der Waals surface area contributed by atoms with Crippen LogP contribution in [0.25, 0.3) is 0 Å². The highest BCUT2D eigenvalue weighted by molar-refractivity contribution is 8.00. The van der Waals surface area contributed by atoms with Gasteiger partial charge in [0.05, 0.1) is 4.90 Å². The number of carbonyl (C=O) groups is 1. The Morgan fingerprint density at radius 1 is 1.23 bits per heavy atom. The fraction of sp³-hybridized carbons (Fsp3) is 0.318. The third-order valence-corrected chi connectivity index (χ3v) is 8.07. The average Bonchev–Trinajstić information content (AvgIpc) is 2.76. The molecule has 1 unspecified atom stereocenters. The van der Waals surface area contributed by atoms with Gasteiger partial charge in [-0.25, -0.2) is 13.9 Å². The van der Waals surface area contributed by atoms with Crippen LogP contribution < -0.4 is 10.2 Å². The summed E-state index contributed by atoms with van der Waals surface area (Å²) in [7, 11) is -3.95. The lowest BCUT2D eigenvalue weighted by Gasteiger charge is -2.43. The Labute approximate surface area is 186 Å². The number of hydrogen-bond donors (Lipinski definition) is 2. The molecule has 1 amide bonds. The van der Waals surface area contributed by atoms with Crippen molar-refractivity contribution in [1.82, 2.24) is 9.79 Å². The Hall–Kier alpha value is -2.51. The van der Waals surface area contributed by atoms with Crippen LogP contribution in [0.4, 0.5) is 0 Å². The van der Waals surface area contributed by atoms with Crippen molar-refractivity contribution in [3.8, 4) is 17.6 Å². The molecule has 1 aliphatic heterocycles. The molecular formula is C22H24N2O5S2. The molecule has 1 fully saturated rings. The van der Waals surface area contributed by atoms with Crippen LogP contribution in [0.15, 0.2) is 59.5 Å². The molecule has 7 nitrogen and oxygen atoms in total. The van der Waals surface area contributed by atoms with Gasteiger partial charge in [-0.1, -0.05) is 30.0 Å². The minimum atomic E-state index is -3.95. The largest absolute Gasteiger partial charge is 0.481 e. The molecule has 1 aliphatic rings. The molecule has 1 atom stereocenters. The van der Waals surface area contributed by atoms with Crippen LogP contribution >= 0.6 is 11.8 Å². The molecule has 1 heterocycles. The van der Waals surface area contributed by atoms with Crippen molar-refractivity contribution in [1.29, 1.82) is 0 Å². The van der Waals surface area contributed by atoms with Crippen molar-refractivity contribution in [2.45, 2.75) is 29.5 Å². The molecule has 9 heteroatoms. The lowest BCUT2D eigenvalue weighted by Crippen LogP contribution is -2.61. The number of sulfonamides is 1. The number of thioether (sulfide) groups is 1. The quantitative estimate of drug-likeness (QED) is 0.404. The Kier molecular flexibility index (Phi) is 7.28. The topological polar surface area (TPSA) is 95.9 Å². The smallest absolute Gasteiger partial charge is 0.263 e. The fourth-order valence-corrected chi connectivity index (χ4v) is 6.45. The van der Waals surface area contributed by atoms with E-state index in [0.29, 0.717) is 11.5 Å². The van der Waals surface area contributed by atoms with E-state index in [2.05, 4.69) is 11.8 Å². The molecular weight excluding hydrogens is 436 g/mol. The maximum Gasteiger partial charge on any atom is 0.263 e. The molecule has 0 aromatic heterocycles. The summed E-state index contributed by atoms with van der Waals surface area (Å²) in [6.07, 6.45) is 0. The molecule has 164 valence electrons. The summed E-state index contributed by atoms with van der Waals surface area (Å²) in [5.41, 5.74) is 2.49. The molecule has 0 saturated carbocycles. The standard InChI is InChI=1S/C22H24N2O5S2/c1-22(2)20(21(25)23-26)24(14-16-30-22)31(27,28)19-12-10-18(11-13-19)29-15-6-9-17-7-4-3-5-8-17/h3-5,7-8,10-13,20,26H,14-16H2,1-2H3,(H,23,25). The zero-order valence-electron chi connectivity index (χ0n) is 17.2. The van der Waals surface area contributed by atoms with Crippen LogP contribution in [0.1, 0.15) is 19.4 Å². The number of amides is 1. The lowest BCUT2D eigenvalue weighted by atomic mass is 10.0. The first kappa shape index (κ1) is 23.2. The van der Waals surface area contributed by atoms with E-state index in [1.54, 1.807) is 31.5 Å². The Morgan fingerprint density at radius 3 is 2.55 bits per heavy atom. The number of rotatable bonds is 5. The van der Waals surface area contributed by atoms with Crippen molar-refractivity contribution < 1.29 is 23.2 Å². The number of hydrogen-bond acceptors (Lipinski definition) is 6.